The summed E-state index contributed by atoms with van der Waals surface area (Å²) in [5.41, 5.74) is 5.19. The first-order chi connectivity index (χ1) is 10.8. The molecular formula is C18H23NO3. The van der Waals surface area contributed by atoms with Crippen LogP contribution < -0.4 is 4.74 Å². The summed E-state index contributed by atoms with van der Waals surface area (Å²) in [6, 6.07) is 6.21. The summed E-state index contributed by atoms with van der Waals surface area (Å²) >= 11 is 0. The number of benzene rings is 1. The number of ether oxygens (including phenoxy) is 1. The molecule has 118 valence electrons. The molecule has 1 aromatic carbocycles. The van der Waals surface area contributed by atoms with Gasteiger partial charge in [-0.3, -0.25) is 10.2 Å². The summed E-state index contributed by atoms with van der Waals surface area (Å²) in [6.45, 7) is 3.09. The summed E-state index contributed by atoms with van der Waals surface area (Å²) in [6.07, 6.45) is 6.27. The molecule has 0 amide bonds. The Bertz CT molecular complexity index is 654. The van der Waals surface area contributed by atoms with Gasteiger partial charge in [-0.1, -0.05) is 0 Å². The molecule has 1 N–H and O–H groups in total. The van der Waals surface area contributed by atoms with Crippen LogP contribution >= 0.6 is 0 Å². The minimum atomic E-state index is 0.396. The van der Waals surface area contributed by atoms with Gasteiger partial charge in [0.05, 0.1) is 18.7 Å². The van der Waals surface area contributed by atoms with Crippen LogP contribution in [0.4, 0.5) is 0 Å². The molecule has 0 unspecified atom stereocenters. The predicted octanol–water partition coefficient (Wildman–Crippen LogP) is 3.93. The van der Waals surface area contributed by atoms with Gasteiger partial charge >= 0.3 is 0 Å². The second-order valence-corrected chi connectivity index (χ2v) is 5.77. The lowest BCUT2D eigenvalue weighted by Crippen LogP contribution is -2.01. The number of fused-ring (bicyclic) bond motifs is 3. The second-order valence-electron chi connectivity index (χ2n) is 5.77. The van der Waals surface area contributed by atoms with Crippen LogP contribution in [0.1, 0.15) is 43.0 Å². The highest BCUT2D eigenvalue weighted by molar-refractivity contribution is 5.85. The largest absolute Gasteiger partial charge is 0.494 e. The first-order valence-electron chi connectivity index (χ1n) is 8.17. The number of rotatable bonds is 7. The Hall–Kier alpha value is -1.65. The van der Waals surface area contributed by atoms with Gasteiger partial charge in [-0.25, -0.2) is 4.89 Å². The Morgan fingerprint density at radius 3 is 2.86 bits per heavy atom. The number of pyridine rings is 1. The standard InChI is InChI=1S/C18H23NO3/c1-2-21-13-9-10-18-16(12-13)14-6-5-7-15(14)17(19-18)8-3-4-11-22-20/h9-10,12,20H,2-8,11H2,1H3. The van der Waals surface area contributed by atoms with Crippen LogP contribution in [0.3, 0.4) is 0 Å². The van der Waals surface area contributed by atoms with Gasteiger partial charge < -0.3 is 4.74 Å². The van der Waals surface area contributed by atoms with Crippen LogP contribution in [0.2, 0.25) is 0 Å². The van der Waals surface area contributed by atoms with E-state index in [1.54, 1.807) is 0 Å². The lowest BCUT2D eigenvalue weighted by atomic mass is 10.00. The van der Waals surface area contributed by atoms with Gasteiger partial charge in [0.25, 0.3) is 0 Å². The normalized spacial score (nSPS) is 13.5. The molecule has 0 saturated carbocycles. The smallest absolute Gasteiger partial charge is 0.120 e. The molecule has 1 aliphatic rings. The zero-order valence-corrected chi connectivity index (χ0v) is 13.1. The lowest BCUT2D eigenvalue weighted by Gasteiger charge is -2.12. The molecule has 0 fully saturated rings. The number of unbranched alkanes of at least 4 members (excludes halogenated alkanes) is 1. The maximum Gasteiger partial charge on any atom is 0.120 e. The van der Waals surface area contributed by atoms with Crippen LogP contribution in [0, 0.1) is 0 Å². The summed E-state index contributed by atoms with van der Waals surface area (Å²) in [5.74, 6) is 0.929. The second kappa shape index (κ2) is 7.07. The van der Waals surface area contributed by atoms with Crippen molar-refractivity contribution in [1.29, 1.82) is 0 Å². The molecular weight excluding hydrogens is 278 g/mol. The van der Waals surface area contributed by atoms with Crippen molar-refractivity contribution in [1.82, 2.24) is 4.98 Å². The van der Waals surface area contributed by atoms with E-state index in [9.17, 15) is 0 Å². The van der Waals surface area contributed by atoms with E-state index in [0.29, 0.717) is 13.2 Å². The van der Waals surface area contributed by atoms with Crippen molar-refractivity contribution in [2.24, 2.45) is 0 Å². The van der Waals surface area contributed by atoms with Crippen LogP contribution in [-0.4, -0.2) is 23.5 Å². The van der Waals surface area contributed by atoms with E-state index in [1.165, 1.54) is 28.6 Å². The molecule has 0 radical (unpaired) electrons. The van der Waals surface area contributed by atoms with E-state index in [0.717, 1.165) is 43.4 Å². The van der Waals surface area contributed by atoms with E-state index in [1.807, 2.05) is 13.0 Å². The highest BCUT2D eigenvalue weighted by Crippen LogP contribution is 2.33. The Morgan fingerprint density at radius 2 is 2.05 bits per heavy atom. The molecule has 4 nitrogen and oxygen atoms in total. The summed E-state index contributed by atoms with van der Waals surface area (Å²) in [7, 11) is 0. The molecule has 1 aromatic heterocycles. The highest BCUT2D eigenvalue weighted by atomic mass is 17.1. The van der Waals surface area contributed by atoms with Crippen molar-refractivity contribution >= 4 is 10.9 Å². The van der Waals surface area contributed by atoms with Crippen molar-refractivity contribution in [3.05, 3.63) is 35.0 Å². The molecule has 0 bridgehead atoms. The van der Waals surface area contributed by atoms with Gasteiger partial charge in [0.15, 0.2) is 0 Å². The van der Waals surface area contributed by atoms with Gasteiger partial charge in [0.1, 0.15) is 5.75 Å². The quantitative estimate of drug-likeness (QED) is 0.478. The maximum absolute atomic E-state index is 8.40. The Labute approximate surface area is 131 Å². The predicted molar refractivity (Wildman–Crippen MR) is 86.5 cm³/mol. The van der Waals surface area contributed by atoms with Crippen LogP contribution in [0.25, 0.3) is 10.9 Å². The molecule has 0 aliphatic heterocycles. The fraction of sp³-hybridized carbons (Fsp3) is 0.500. The zero-order chi connectivity index (χ0) is 15.4. The lowest BCUT2D eigenvalue weighted by molar-refractivity contribution is -0.242. The number of hydrogen-bond donors (Lipinski definition) is 1. The fourth-order valence-corrected chi connectivity index (χ4v) is 3.35. The molecule has 1 aliphatic carbocycles. The summed E-state index contributed by atoms with van der Waals surface area (Å²) in [4.78, 5) is 9.03. The molecule has 22 heavy (non-hydrogen) atoms. The van der Waals surface area contributed by atoms with E-state index in [-0.39, 0.29) is 0 Å². The molecule has 4 heteroatoms. The number of aromatic nitrogens is 1. The average molecular weight is 301 g/mol. The molecule has 3 rings (SSSR count). The van der Waals surface area contributed by atoms with Crippen molar-refractivity contribution in [3.63, 3.8) is 0 Å². The van der Waals surface area contributed by atoms with E-state index in [2.05, 4.69) is 17.0 Å². The Morgan fingerprint density at radius 1 is 1.18 bits per heavy atom. The number of aryl methyl sites for hydroxylation is 2. The van der Waals surface area contributed by atoms with E-state index < -0.39 is 0 Å². The molecule has 0 saturated heterocycles. The Balaban J connectivity index is 1.92. The molecule has 0 spiro atoms. The first-order valence-corrected chi connectivity index (χ1v) is 8.17. The van der Waals surface area contributed by atoms with Crippen LogP contribution in [-0.2, 0) is 24.2 Å². The van der Waals surface area contributed by atoms with Gasteiger partial charge in [-0.2, -0.15) is 0 Å². The fourth-order valence-electron chi connectivity index (χ4n) is 3.35. The molecule has 1 heterocycles. The maximum atomic E-state index is 8.40. The third-order valence-corrected chi connectivity index (χ3v) is 4.32. The third-order valence-electron chi connectivity index (χ3n) is 4.32. The van der Waals surface area contributed by atoms with Gasteiger partial charge in [-0.05, 0) is 74.8 Å². The SMILES string of the molecule is CCOc1ccc2nc(CCCCOO)c3c(c2c1)CCC3. The van der Waals surface area contributed by atoms with Crippen molar-refractivity contribution < 1.29 is 14.9 Å². The van der Waals surface area contributed by atoms with E-state index >= 15 is 0 Å². The minimum absolute atomic E-state index is 0.396. The summed E-state index contributed by atoms with van der Waals surface area (Å²) < 4.78 is 5.63. The summed E-state index contributed by atoms with van der Waals surface area (Å²) in [5, 5.41) is 9.65. The van der Waals surface area contributed by atoms with E-state index in [4.69, 9.17) is 15.0 Å². The van der Waals surface area contributed by atoms with Gasteiger partial charge in [0, 0.05) is 11.1 Å². The number of nitrogens with zero attached hydrogens (tertiary/aromatic N) is 1. The van der Waals surface area contributed by atoms with Crippen LogP contribution in [0.5, 0.6) is 5.75 Å². The highest BCUT2D eigenvalue weighted by Gasteiger charge is 2.19. The van der Waals surface area contributed by atoms with Crippen LogP contribution in [0.15, 0.2) is 18.2 Å². The minimum Gasteiger partial charge on any atom is -0.494 e. The van der Waals surface area contributed by atoms with Crippen molar-refractivity contribution in [3.8, 4) is 5.75 Å². The molecule has 0 atom stereocenters. The van der Waals surface area contributed by atoms with Crippen molar-refractivity contribution in [2.75, 3.05) is 13.2 Å². The topological polar surface area (TPSA) is 51.6 Å². The third kappa shape index (κ3) is 3.08. The number of hydrogen-bond acceptors (Lipinski definition) is 4. The molecule has 2 aromatic rings. The average Bonchev–Trinajstić information content (AvgIpc) is 3.02. The monoisotopic (exact) mass is 301 g/mol. The van der Waals surface area contributed by atoms with Gasteiger partial charge in [0.2, 0.25) is 0 Å². The van der Waals surface area contributed by atoms with Crippen molar-refractivity contribution in [2.45, 2.75) is 45.4 Å². The first kappa shape index (κ1) is 15.3. The zero-order valence-electron chi connectivity index (χ0n) is 13.1. The van der Waals surface area contributed by atoms with Gasteiger partial charge in [-0.15, -0.1) is 0 Å². The Kier molecular flexibility index (Phi) is 4.90.